The molecule has 7 nitrogen and oxygen atoms in total. The van der Waals surface area contributed by atoms with Crippen molar-refractivity contribution in [1.82, 2.24) is 9.78 Å². The Hall–Kier alpha value is -2.70. The minimum atomic E-state index is -0.538. The summed E-state index contributed by atoms with van der Waals surface area (Å²) < 4.78 is 1.43. The van der Waals surface area contributed by atoms with E-state index in [1.165, 1.54) is 16.8 Å². The van der Waals surface area contributed by atoms with Crippen molar-refractivity contribution in [3.8, 4) is 0 Å². The number of nitrogens with zero attached hydrogens (tertiary/aromatic N) is 3. The largest absolute Gasteiger partial charge is 0.319 e. The topological polar surface area (TPSA) is 90.1 Å². The molecule has 0 aliphatic carbocycles. The van der Waals surface area contributed by atoms with Gasteiger partial charge < -0.3 is 5.32 Å². The van der Waals surface area contributed by atoms with Crippen molar-refractivity contribution in [2.75, 3.05) is 5.32 Å². The third kappa shape index (κ3) is 2.70. The van der Waals surface area contributed by atoms with Gasteiger partial charge in [-0.2, -0.15) is 5.10 Å². The predicted molar refractivity (Wildman–Crippen MR) is 64.0 cm³/mol. The van der Waals surface area contributed by atoms with Crippen LogP contribution in [0.1, 0.15) is 0 Å². The average Bonchev–Trinajstić information content (AvgIpc) is 2.82. The summed E-state index contributed by atoms with van der Waals surface area (Å²) in [6.45, 7) is 0.0129. The number of para-hydroxylation sites is 2. The van der Waals surface area contributed by atoms with Crippen LogP contribution in [0.5, 0.6) is 0 Å². The maximum absolute atomic E-state index is 11.7. The monoisotopic (exact) mass is 246 g/mol. The van der Waals surface area contributed by atoms with E-state index in [9.17, 15) is 14.9 Å². The molecule has 2 rings (SSSR count). The van der Waals surface area contributed by atoms with E-state index in [0.29, 0.717) is 0 Å². The van der Waals surface area contributed by atoms with Crippen molar-refractivity contribution in [2.45, 2.75) is 6.54 Å². The highest BCUT2D eigenvalue weighted by atomic mass is 16.6. The molecule has 2 aromatic rings. The predicted octanol–water partition coefficient (Wildman–Crippen LogP) is 1.43. The van der Waals surface area contributed by atoms with E-state index in [1.54, 1.807) is 30.6 Å². The lowest BCUT2D eigenvalue weighted by molar-refractivity contribution is -0.383. The third-order valence-electron chi connectivity index (χ3n) is 2.24. The summed E-state index contributed by atoms with van der Waals surface area (Å²) in [4.78, 5) is 21.9. The highest BCUT2D eigenvalue weighted by Gasteiger charge is 2.14. The van der Waals surface area contributed by atoms with Crippen LogP contribution in [-0.2, 0) is 11.3 Å². The van der Waals surface area contributed by atoms with Crippen molar-refractivity contribution in [3.63, 3.8) is 0 Å². The lowest BCUT2D eigenvalue weighted by atomic mass is 10.2. The maximum Gasteiger partial charge on any atom is 0.292 e. The number of nitrogens with one attached hydrogen (secondary N) is 1. The highest BCUT2D eigenvalue weighted by Crippen LogP contribution is 2.22. The molecule has 1 heterocycles. The summed E-state index contributed by atoms with van der Waals surface area (Å²) in [5.41, 5.74) is 0.0472. The number of benzene rings is 1. The molecule has 0 aliphatic heterocycles. The molecule has 0 aliphatic rings. The number of amides is 1. The van der Waals surface area contributed by atoms with Crippen LogP contribution < -0.4 is 5.32 Å². The van der Waals surface area contributed by atoms with E-state index in [-0.39, 0.29) is 23.8 Å². The van der Waals surface area contributed by atoms with Crippen molar-refractivity contribution in [2.24, 2.45) is 0 Å². The summed E-state index contributed by atoms with van der Waals surface area (Å²) in [6.07, 6.45) is 3.19. The first-order valence-corrected chi connectivity index (χ1v) is 5.17. The molecule has 1 aromatic heterocycles. The second-order valence-electron chi connectivity index (χ2n) is 3.53. The maximum atomic E-state index is 11.7. The summed E-state index contributed by atoms with van der Waals surface area (Å²) in [5, 5.41) is 17.1. The van der Waals surface area contributed by atoms with Gasteiger partial charge >= 0.3 is 0 Å². The Morgan fingerprint density at radius 2 is 2.17 bits per heavy atom. The Morgan fingerprint density at radius 3 is 2.83 bits per heavy atom. The zero-order valence-electron chi connectivity index (χ0n) is 9.31. The fourth-order valence-electron chi connectivity index (χ4n) is 1.47. The number of hydrogen-bond acceptors (Lipinski definition) is 4. The SMILES string of the molecule is O=C(Cn1cccn1)Nc1ccccc1[N+](=O)[O-]. The van der Waals surface area contributed by atoms with E-state index in [2.05, 4.69) is 10.4 Å². The summed E-state index contributed by atoms with van der Waals surface area (Å²) in [5.74, 6) is -0.368. The fraction of sp³-hybridized carbons (Fsp3) is 0.0909. The number of carbonyl (C=O) groups is 1. The standard InChI is InChI=1S/C11H10N4O3/c16-11(8-14-7-3-6-12-14)13-9-4-1-2-5-10(9)15(17)18/h1-7H,8H2,(H,13,16). The molecule has 1 aromatic carbocycles. The first-order valence-electron chi connectivity index (χ1n) is 5.17. The smallest absolute Gasteiger partial charge is 0.292 e. The Kier molecular flexibility index (Phi) is 3.33. The first-order chi connectivity index (χ1) is 8.66. The van der Waals surface area contributed by atoms with Crippen molar-refractivity contribution < 1.29 is 9.72 Å². The number of carbonyl (C=O) groups excluding carboxylic acids is 1. The van der Waals surface area contributed by atoms with Crippen LogP contribution in [0.4, 0.5) is 11.4 Å². The number of anilines is 1. The van der Waals surface area contributed by atoms with Crippen LogP contribution in [0.25, 0.3) is 0 Å². The van der Waals surface area contributed by atoms with E-state index in [0.717, 1.165) is 0 Å². The first kappa shape index (κ1) is 11.8. The van der Waals surface area contributed by atoms with Gasteiger partial charge in [-0.3, -0.25) is 19.6 Å². The van der Waals surface area contributed by atoms with E-state index < -0.39 is 4.92 Å². The number of nitro groups is 1. The minimum absolute atomic E-state index is 0.0129. The molecule has 0 bridgehead atoms. The summed E-state index contributed by atoms with van der Waals surface area (Å²) in [7, 11) is 0. The van der Waals surface area contributed by atoms with Crippen LogP contribution in [0.3, 0.4) is 0 Å². The normalized spacial score (nSPS) is 10.0. The van der Waals surface area contributed by atoms with Gasteiger partial charge in [0.15, 0.2) is 0 Å². The van der Waals surface area contributed by atoms with Gasteiger partial charge in [-0.25, -0.2) is 0 Å². The van der Waals surface area contributed by atoms with Crippen LogP contribution in [-0.4, -0.2) is 20.6 Å². The number of rotatable bonds is 4. The van der Waals surface area contributed by atoms with Gasteiger partial charge in [0.25, 0.3) is 5.69 Å². The molecule has 0 atom stereocenters. The number of aromatic nitrogens is 2. The summed E-state index contributed by atoms with van der Waals surface area (Å²) in [6, 6.07) is 7.68. The summed E-state index contributed by atoms with van der Waals surface area (Å²) >= 11 is 0. The molecule has 0 saturated heterocycles. The molecule has 92 valence electrons. The Balaban J connectivity index is 2.09. The Labute approximate surface area is 102 Å². The Bertz CT molecular complexity index is 565. The Morgan fingerprint density at radius 1 is 1.39 bits per heavy atom. The van der Waals surface area contributed by atoms with Gasteiger partial charge in [0, 0.05) is 18.5 Å². The molecule has 1 amide bonds. The molecule has 1 N–H and O–H groups in total. The van der Waals surface area contributed by atoms with Crippen molar-refractivity contribution in [3.05, 3.63) is 52.8 Å². The lowest BCUT2D eigenvalue weighted by Gasteiger charge is -2.05. The minimum Gasteiger partial charge on any atom is -0.319 e. The van der Waals surface area contributed by atoms with Crippen LogP contribution in [0.15, 0.2) is 42.7 Å². The molecule has 0 spiro atoms. The molecule has 0 saturated carbocycles. The van der Waals surface area contributed by atoms with Gasteiger partial charge in [0.05, 0.1) is 4.92 Å². The molecule has 0 fully saturated rings. The molecular weight excluding hydrogens is 236 g/mol. The second-order valence-corrected chi connectivity index (χ2v) is 3.53. The molecule has 18 heavy (non-hydrogen) atoms. The van der Waals surface area contributed by atoms with Crippen LogP contribution in [0.2, 0.25) is 0 Å². The van der Waals surface area contributed by atoms with Gasteiger partial charge in [0.1, 0.15) is 12.2 Å². The van der Waals surface area contributed by atoms with Crippen LogP contribution >= 0.6 is 0 Å². The van der Waals surface area contributed by atoms with E-state index in [1.807, 2.05) is 0 Å². The molecule has 0 radical (unpaired) electrons. The van der Waals surface area contributed by atoms with Crippen molar-refractivity contribution >= 4 is 17.3 Å². The molecule has 7 heteroatoms. The average molecular weight is 246 g/mol. The van der Waals surface area contributed by atoms with Crippen LogP contribution in [0, 0.1) is 10.1 Å². The lowest BCUT2D eigenvalue weighted by Crippen LogP contribution is -2.19. The van der Waals surface area contributed by atoms with Gasteiger partial charge in [-0.05, 0) is 12.1 Å². The molecule has 0 unspecified atom stereocenters. The van der Waals surface area contributed by atoms with Crippen molar-refractivity contribution in [1.29, 1.82) is 0 Å². The number of nitro benzene ring substituents is 1. The van der Waals surface area contributed by atoms with Gasteiger partial charge in [0.2, 0.25) is 5.91 Å². The van der Waals surface area contributed by atoms with E-state index in [4.69, 9.17) is 0 Å². The van der Waals surface area contributed by atoms with E-state index >= 15 is 0 Å². The fourth-order valence-corrected chi connectivity index (χ4v) is 1.47. The second kappa shape index (κ2) is 5.09. The third-order valence-corrected chi connectivity index (χ3v) is 2.24. The highest BCUT2D eigenvalue weighted by molar-refractivity contribution is 5.92. The number of hydrogen-bond donors (Lipinski definition) is 1. The molecular formula is C11H10N4O3. The zero-order chi connectivity index (χ0) is 13.0. The quantitative estimate of drug-likeness (QED) is 0.652. The van der Waals surface area contributed by atoms with Gasteiger partial charge in [-0.1, -0.05) is 12.1 Å². The zero-order valence-corrected chi connectivity index (χ0v) is 9.31. The van der Waals surface area contributed by atoms with Gasteiger partial charge in [-0.15, -0.1) is 0 Å².